The van der Waals surface area contributed by atoms with Crippen LogP contribution in [0.3, 0.4) is 0 Å². The second-order valence-corrected chi connectivity index (χ2v) is 1.23. The van der Waals surface area contributed by atoms with Crippen molar-refractivity contribution in [2.24, 2.45) is 0 Å². The first-order chi connectivity index (χ1) is 3.83. The minimum Gasteiger partial charge on any atom is -0.397 e. The molecule has 1 N–H and O–H groups in total. The van der Waals surface area contributed by atoms with Crippen LogP contribution in [0, 0.1) is 0 Å². The maximum absolute atomic E-state index is 7.57. The largest absolute Gasteiger partial charge is 0.397 e. The van der Waals surface area contributed by atoms with Crippen molar-refractivity contribution < 1.29 is 5.11 Å². The predicted molar refractivity (Wildman–Crippen MR) is 41.0 cm³/mol. The van der Waals surface area contributed by atoms with Crippen LogP contribution in [0.1, 0.15) is 6.92 Å². The molecule has 0 aliphatic rings. The van der Waals surface area contributed by atoms with E-state index in [4.69, 9.17) is 28.3 Å². The molecule has 0 aliphatic carbocycles. The van der Waals surface area contributed by atoms with Gasteiger partial charge in [-0.05, 0) is 6.92 Å². The van der Waals surface area contributed by atoms with Crippen molar-refractivity contribution in [2.45, 2.75) is 13.7 Å². The summed E-state index contributed by atoms with van der Waals surface area (Å²) in [6, 6.07) is 0. The number of alkyl halides is 2. The number of halogens is 2. The fourth-order valence-corrected chi connectivity index (χ4v) is 0. The highest BCUT2D eigenvalue weighted by Crippen LogP contribution is 1.73. The average molecular weight is 157 g/mol. The summed E-state index contributed by atoms with van der Waals surface area (Å²) in [6.07, 6.45) is 0. The van der Waals surface area contributed by atoms with Crippen LogP contribution >= 0.6 is 23.2 Å². The van der Waals surface area contributed by atoms with Crippen LogP contribution in [0.5, 0.6) is 0 Å². The molecule has 0 aromatic carbocycles. The van der Waals surface area contributed by atoms with E-state index >= 15 is 0 Å². The van der Waals surface area contributed by atoms with E-state index in [0.29, 0.717) is 0 Å². The molecule has 0 rings (SSSR count). The van der Waals surface area contributed by atoms with Crippen LogP contribution in [0.25, 0.3) is 0 Å². The van der Waals surface area contributed by atoms with E-state index in [0.717, 1.165) is 0 Å². The molecule has 0 atom stereocenters. The standard InChI is InChI=1S/C2H6O.CH3B.CH2Cl2/c1-2-3;1-2;2-1-3/h3H,2H2,1H3;1H3;1H2. The lowest BCUT2D eigenvalue weighted by atomic mass is 10.2. The Morgan fingerprint density at radius 2 is 1.38 bits per heavy atom. The third kappa shape index (κ3) is 567. The van der Waals surface area contributed by atoms with E-state index in [1.54, 1.807) is 6.92 Å². The van der Waals surface area contributed by atoms with E-state index in [9.17, 15) is 0 Å². The maximum Gasteiger partial charge on any atom is 0.0967 e. The van der Waals surface area contributed by atoms with Crippen molar-refractivity contribution >= 4 is 31.0 Å². The first-order valence-electron chi connectivity index (χ1n) is 2.14. The van der Waals surface area contributed by atoms with Crippen molar-refractivity contribution in [3.05, 3.63) is 0 Å². The molecule has 0 amide bonds. The molecule has 0 heterocycles. The van der Waals surface area contributed by atoms with Gasteiger partial charge in [-0.3, -0.25) is 0 Å². The molecular formula is C4H11BCl2O. The Kier molecular flexibility index (Phi) is 96.8. The second kappa shape index (κ2) is 48.9. The van der Waals surface area contributed by atoms with Gasteiger partial charge in [0, 0.05) is 6.61 Å². The molecule has 0 bridgehead atoms. The van der Waals surface area contributed by atoms with Crippen LogP contribution in [0.15, 0.2) is 0 Å². The summed E-state index contributed by atoms with van der Waals surface area (Å²) in [4.78, 5) is 0. The molecule has 0 aromatic heterocycles. The molecule has 0 fully saturated rings. The summed E-state index contributed by atoms with van der Waals surface area (Å²) < 4.78 is 0. The number of aliphatic hydroxyl groups is 1. The molecule has 1 nitrogen and oxygen atoms in total. The lowest BCUT2D eigenvalue weighted by Gasteiger charge is -1.52. The van der Waals surface area contributed by atoms with E-state index in [2.05, 4.69) is 7.85 Å². The lowest BCUT2D eigenvalue weighted by molar-refractivity contribution is 0.318. The first kappa shape index (κ1) is 15.8. The minimum absolute atomic E-state index is 0.194. The lowest BCUT2D eigenvalue weighted by Crippen LogP contribution is -1.57. The zero-order valence-corrected chi connectivity index (χ0v) is 6.71. The summed E-state index contributed by atoms with van der Waals surface area (Å²) in [5.41, 5.74) is 0. The summed E-state index contributed by atoms with van der Waals surface area (Å²) >= 11 is 9.53. The van der Waals surface area contributed by atoms with Crippen molar-refractivity contribution in [1.82, 2.24) is 0 Å². The summed E-state index contributed by atoms with van der Waals surface area (Å²) in [5.74, 6) is 0. The number of rotatable bonds is 0. The topological polar surface area (TPSA) is 20.2 Å². The van der Waals surface area contributed by atoms with Crippen molar-refractivity contribution in [1.29, 1.82) is 0 Å². The van der Waals surface area contributed by atoms with Crippen LogP contribution in [-0.4, -0.2) is 24.9 Å². The molecule has 50 valence electrons. The number of hydrogen-bond acceptors (Lipinski definition) is 1. The van der Waals surface area contributed by atoms with Gasteiger partial charge in [-0.15, -0.1) is 23.2 Å². The monoisotopic (exact) mass is 156 g/mol. The smallest absolute Gasteiger partial charge is 0.0967 e. The Labute approximate surface area is 62.4 Å². The van der Waals surface area contributed by atoms with Gasteiger partial charge in [0.2, 0.25) is 0 Å². The van der Waals surface area contributed by atoms with Gasteiger partial charge < -0.3 is 5.11 Å². The fourth-order valence-electron chi connectivity index (χ4n) is 0. The molecule has 0 aliphatic heterocycles. The summed E-state index contributed by atoms with van der Waals surface area (Å²) in [6.45, 7) is 3.43. The van der Waals surface area contributed by atoms with Crippen molar-refractivity contribution in [3.8, 4) is 0 Å². The van der Waals surface area contributed by atoms with E-state index < -0.39 is 0 Å². The minimum atomic E-state index is 0.194. The zero-order chi connectivity index (χ0) is 7.41. The molecule has 0 saturated heterocycles. The Hall–Kier alpha value is 0.605. The predicted octanol–water partition coefficient (Wildman–Crippen LogP) is 1.62. The highest BCUT2D eigenvalue weighted by atomic mass is 35.5. The van der Waals surface area contributed by atoms with E-state index in [1.807, 2.05) is 0 Å². The Balaban J connectivity index is -0.0000000483. The molecule has 4 heteroatoms. The molecule has 0 aromatic rings. The normalized spacial score (nSPS) is 5.12. The first-order valence-corrected chi connectivity index (χ1v) is 3.20. The average Bonchev–Trinajstić information content (AvgIpc) is 1.75. The van der Waals surface area contributed by atoms with Crippen LogP contribution in [-0.2, 0) is 0 Å². The van der Waals surface area contributed by atoms with E-state index in [-0.39, 0.29) is 11.9 Å². The van der Waals surface area contributed by atoms with Crippen LogP contribution in [0.4, 0.5) is 0 Å². The van der Waals surface area contributed by atoms with Crippen molar-refractivity contribution in [2.75, 3.05) is 11.9 Å². The Morgan fingerprint density at radius 1 is 1.38 bits per heavy atom. The summed E-state index contributed by atoms with van der Waals surface area (Å²) in [5, 5.41) is 7.76. The zero-order valence-electron chi connectivity index (χ0n) is 5.19. The molecule has 0 unspecified atom stereocenters. The van der Waals surface area contributed by atoms with Crippen LogP contribution < -0.4 is 0 Å². The quantitative estimate of drug-likeness (QED) is 0.418. The number of hydrogen-bond donors (Lipinski definition) is 1. The summed E-state index contributed by atoms with van der Waals surface area (Å²) in [7, 11) is 4.50. The maximum atomic E-state index is 7.57. The second-order valence-electron chi connectivity index (χ2n) is 0.417. The van der Waals surface area contributed by atoms with Gasteiger partial charge in [0.25, 0.3) is 0 Å². The van der Waals surface area contributed by atoms with Gasteiger partial charge in [-0.2, -0.15) is 0 Å². The third-order valence-corrected chi connectivity index (χ3v) is 0. The highest BCUT2D eigenvalue weighted by Gasteiger charge is 1.41. The van der Waals surface area contributed by atoms with Gasteiger partial charge >= 0.3 is 0 Å². The fraction of sp³-hybridized carbons (Fsp3) is 1.00. The number of aliphatic hydroxyl groups excluding tert-OH is 1. The van der Waals surface area contributed by atoms with Crippen LogP contribution in [0.2, 0.25) is 6.82 Å². The van der Waals surface area contributed by atoms with E-state index in [1.165, 1.54) is 6.82 Å². The van der Waals surface area contributed by atoms with Gasteiger partial charge in [-0.1, -0.05) is 6.82 Å². The SMILES string of the molecule is CCO.ClCCl.[B]C. The van der Waals surface area contributed by atoms with Gasteiger partial charge in [0.15, 0.2) is 0 Å². The molecule has 2 radical (unpaired) electrons. The molecule has 0 spiro atoms. The Morgan fingerprint density at radius 3 is 1.38 bits per heavy atom. The third-order valence-electron chi connectivity index (χ3n) is 0. The van der Waals surface area contributed by atoms with Gasteiger partial charge in [0.05, 0.1) is 13.2 Å². The highest BCUT2D eigenvalue weighted by molar-refractivity contribution is 6.40. The molecular weight excluding hydrogens is 146 g/mol. The van der Waals surface area contributed by atoms with Crippen molar-refractivity contribution in [3.63, 3.8) is 0 Å². The van der Waals surface area contributed by atoms with Gasteiger partial charge in [-0.25, -0.2) is 0 Å². The van der Waals surface area contributed by atoms with Gasteiger partial charge in [0.1, 0.15) is 0 Å². The molecule has 0 saturated carbocycles. The molecule has 8 heavy (non-hydrogen) atoms. The Bertz CT molecular complexity index is 16.0.